The van der Waals surface area contributed by atoms with Gasteiger partial charge in [0.2, 0.25) is 5.91 Å². The maximum atomic E-state index is 12.6. The van der Waals surface area contributed by atoms with Crippen LogP contribution in [0.1, 0.15) is 31.4 Å². The fourth-order valence-corrected chi connectivity index (χ4v) is 3.74. The number of hydrogen-bond donors (Lipinski definition) is 1. The topological polar surface area (TPSA) is 50.2 Å². The van der Waals surface area contributed by atoms with Gasteiger partial charge in [0.25, 0.3) is 0 Å². The van der Waals surface area contributed by atoms with Crippen molar-refractivity contribution in [1.29, 1.82) is 0 Å². The van der Waals surface area contributed by atoms with E-state index < -0.39 is 0 Å². The number of amides is 1. The van der Waals surface area contributed by atoms with Crippen LogP contribution in [0.3, 0.4) is 0 Å². The molecule has 3 rings (SSSR count). The summed E-state index contributed by atoms with van der Waals surface area (Å²) in [4.78, 5) is 16.8. The first-order chi connectivity index (χ1) is 14.8. The number of aromatic nitrogens is 2. The molecule has 0 aliphatic heterocycles. The van der Waals surface area contributed by atoms with E-state index in [0.717, 1.165) is 17.3 Å². The molecule has 0 aliphatic rings. The Morgan fingerprint density at radius 3 is 2.48 bits per heavy atom. The largest absolute Gasteiger partial charge is 0.354 e. The molecule has 168 valence electrons. The molecule has 0 radical (unpaired) electrons. The first-order valence-corrected chi connectivity index (χ1v) is 12.7. The Labute approximate surface area is 200 Å². The third-order valence-electron chi connectivity index (χ3n) is 5.70. The number of hydrogen-bond acceptors (Lipinski definition) is 3. The van der Waals surface area contributed by atoms with E-state index in [2.05, 4.69) is 96.2 Å². The third-order valence-corrected chi connectivity index (χ3v) is 5.70. The van der Waals surface area contributed by atoms with Gasteiger partial charge in [-0.1, -0.05) is 72.8 Å². The zero-order valence-electron chi connectivity index (χ0n) is 19.5. The molecule has 1 aromatic heterocycles. The second kappa shape index (κ2) is 11.6. The molecule has 6 heteroatoms. The van der Waals surface area contributed by atoms with Crippen LogP contribution in [0, 0.1) is 0 Å². The summed E-state index contributed by atoms with van der Waals surface area (Å²) in [5, 5.41) is 8.62. The lowest BCUT2D eigenvalue weighted by molar-refractivity contribution is -0.122. The van der Waals surface area contributed by atoms with Crippen LogP contribution in [0.25, 0.3) is 10.9 Å². The maximum Gasteiger partial charge on any atom is 0.220 e. The van der Waals surface area contributed by atoms with Crippen molar-refractivity contribution in [2.24, 2.45) is 7.05 Å². The molecule has 31 heavy (non-hydrogen) atoms. The Bertz CT molecular complexity index is 966. The predicted octanol–water partition coefficient (Wildman–Crippen LogP) is 4.58. The number of fused-ring (bicyclic) bond motifs is 1. The second-order valence-electron chi connectivity index (χ2n) is 8.71. The van der Waals surface area contributed by atoms with E-state index in [1.807, 2.05) is 41.1 Å². The van der Waals surface area contributed by atoms with Gasteiger partial charge in [-0.05, 0) is 54.1 Å². The number of alkyl halides is 1. The van der Waals surface area contributed by atoms with Crippen molar-refractivity contribution in [3.63, 3.8) is 0 Å². The highest BCUT2D eigenvalue weighted by Gasteiger charge is 2.24. The molecule has 0 saturated heterocycles. The quantitative estimate of drug-likeness (QED) is 0.340. The van der Waals surface area contributed by atoms with Crippen LogP contribution in [0.2, 0.25) is 0 Å². The third kappa shape index (κ3) is 7.04. The predicted molar refractivity (Wildman–Crippen MR) is 139 cm³/mol. The summed E-state index contributed by atoms with van der Waals surface area (Å²) in [5.41, 5.74) is 3.38. The summed E-state index contributed by atoms with van der Waals surface area (Å²) in [6.07, 6.45) is 3.25. The molecule has 5 nitrogen and oxygen atoms in total. The van der Waals surface area contributed by atoms with Crippen LogP contribution in [-0.2, 0) is 23.7 Å². The zero-order chi connectivity index (χ0) is 23.0. The highest BCUT2D eigenvalue weighted by Crippen LogP contribution is 2.26. The molecule has 1 N–H and O–H groups in total. The average molecular weight is 534 g/mol. The Morgan fingerprint density at radius 1 is 1.16 bits per heavy atom. The molecular weight excluding hydrogens is 499 g/mol. The summed E-state index contributed by atoms with van der Waals surface area (Å²) in [5.74, 6) is 0.0911. The smallest absolute Gasteiger partial charge is 0.220 e. The first kappa shape index (κ1) is 25.3. The van der Waals surface area contributed by atoms with Gasteiger partial charge in [0.05, 0.1) is 11.7 Å². The summed E-state index contributed by atoms with van der Waals surface area (Å²) in [6, 6.07) is 16.9. The SMILES string of the molecule is CI.CN(C)C(CNC(=O)CC(C)(C)c1ccccc1)Cc1ccc2c(cnn2C)c1. The van der Waals surface area contributed by atoms with E-state index in [1.165, 1.54) is 11.1 Å². The molecule has 0 aliphatic carbocycles. The number of nitrogens with one attached hydrogen (secondary N) is 1. The standard InChI is InChI=1S/C24H32N4O.CH3I/c1-24(2,20-9-7-6-8-10-20)15-23(29)25-17-21(27(3)4)14-18-11-12-22-19(13-18)16-26-28(22)5;1-2/h6-13,16,21H,14-15,17H2,1-5H3,(H,25,29);1H3. The lowest BCUT2D eigenvalue weighted by atomic mass is 9.81. The summed E-state index contributed by atoms with van der Waals surface area (Å²) in [7, 11) is 6.08. The Kier molecular flexibility index (Phi) is 9.50. The van der Waals surface area contributed by atoms with Crippen molar-refractivity contribution in [1.82, 2.24) is 20.0 Å². The fourth-order valence-electron chi connectivity index (χ4n) is 3.74. The average Bonchev–Trinajstić information content (AvgIpc) is 3.13. The van der Waals surface area contributed by atoms with E-state index >= 15 is 0 Å². The molecule has 1 heterocycles. The number of likely N-dealkylation sites (N-methyl/N-ethyl adjacent to an activating group) is 1. The Balaban J connectivity index is 0.00000166. The number of carbonyl (C=O) groups is 1. The molecular formula is C25H35IN4O. The summed E-state index contributed by atoms with van der Waals surface area (Å²) < 4.78 is 1.89. The van der Waals surface area contributed by atoms with Gasteiger partial charge in [0.15, 0.2) is 0 Å². The molecule has 0 spiro atoms. The molecule has 1 atom stereocenters. The van der Waals surface area contributed by atoms with Gasteiger partial charge in [0, 0.05) is 31.4 Å². The number of nitrogens with zero attached hydrogens (tertiary/aromatic N) is 3. The number of aryl methyl sites for hydroxylation is 1. The van der Waals surface area contributed by atoms with Gasteiger partial charge in [-0.3, -0.25) is 9.48 Å². The van der Waals surface area contributed by atoms with Crippen LogP contribution in [0.5, 0.6) is 0 Å². The van der Waals surface area contributed by atoms with E-state index in [9.17, 15) is 4.79 Å². The molecule has 0 bridgehead atoms. The maximum absolute atomic E-state index is 12.6. The highest BCUT2D eigenvalue weighted by molar-refractivity contribution is 14.1. The number of rotatable bonds is 8. The normalized spacial score (nSPS) is 12.4. The zero-order valence-corrected chi connectivity index (χ0v) is 21.7. The summed E-state index contributed by atoms with van der Waals surface area (Å²) in [6.45, 7) is 4.87. The first-order valence-electron chi connectivity index (χ1n) is 10.5. The van der Waals surface area contributed by atoms with Crippen LogP contribution in [-0.4, -0.2) is 52.2 Å². The summed E-state index contributed by atoms with van der Waals surface area (Å²) >= 11 is 2.15. The number of carbonyl (C=O) groups excluding carboxylic acids is 1. The van der Waals surface area contributed by atoms with Crippen molar-refractivity contribution in [2.75, 3.05) is 25.6 Å². The van der Waals surface area contributed by atoms with E-state index in [0.29, 0.717) is 13.0 Å². The molecule has 1 amide bonds. The molecule has 1 unspecified atom stereocenters. The molecule has 3 aromatic rings. The van der Waals surface area contributed by atoms with E-state index in [1.54, 1.807) is 0 Å². The minimum absolute atomic E-state index is 0.0911. The van der Waals surface area contributed by atoms with Crippen LogP contribution in [0.15, 0.2) is 54.7 Å². The van der Waals surface area contributed by atoms with Crippen LogP contribution < -0.4 is 5.32 Å². The Morgan fingerprint density at radius 2 is 1.84 bits per heavy atom. The van der Waals surface area contributed by atoms with Gasteiger partial charge in [-0.25, -0.2) is 0 Å². The van der Waals surface area contributed by atoms with Crippen LogP contribution in [0.4, 0.5) is 0 Å². The highest BCUT2D eigenvalue weighted by atomic mass is 127. The van der Waals surface area contributed by atoms with Gasteiger partial charge in [-0.15, -0.1) is 0 Å². The lowest BCUT2D eigenvalue weighted by Gasteiger charge is -2.27. The van der Waals surface area contributed by atoms with Gasteiger partial charge in [-0.2, -0.15) is 5.10 Å². The van der Waals surface area contributed by atoms with Crippen molar-refractivity contribution >= 4 is 39.4 Å². The number of halogens is 1. The monoisotopic (exact) mass is 534 g/mol. The van der Waals surface area contributed by atoms with Crippen molar-refractivity contribution < 1.29 is 4.79 Å². The molecule has 2 aromatic carbocycles. The number of benzene rings is 2. The van der Waals surface area contributed by atoms with Crippen molar-refractivity contribution in [3.8, 4) is 0 Å². The molecule has 0 fully saturated rings. The minimum Gasteiger partial charge on any atom is -0.354 e. The lowest BCUT2D eigenvalue weighted by Crippen LogP contribution is -2.42. The Hall–Kier alpha value is -1.93. The van der Waals surface area contributed by atoms with Gasteiger partial charge >= 0.3 is 0 Å². The molecule has 0 saturated carbocycles. The van der Waals surface area contributed by atoms with Gasteiger partial charge in [0.1, 0.15) is 0 Å². The second-order valence-corrected chi connectivity index (χ2v) is 8.71. The van der Waals surface area contributed by atoms with Gasteiger partial charge < -0.3 is 10.2 Å². The van der Waals surface area contributed by atoms with E-state index in [4.69, 9.17) is 0 Å². The van der Waals surface area contributed by atoms with Crippen molar-refractivity contribution in [3.05, 3.63) is 65.9 Å². The minimum atomic E-state index is -0.190. The van der Waals surface area contributed by atoms with Crippen LogP contribution >= 0.6 is 22.6 Å². The fraction of sp³-hybridized carbons (Fsp3) is 0.440. The van der Waals surface area contributed by atoms with Crippen molar-refractivity contribution in [2.45, 2.75) is 38.1 Å². The van der Waals surface area contributed by atoms with E-state index in [-0.39, 0.29) is 17.4 Å².